The maximum absolute atomic E-state index is 13.1. The van der Waals surface area contributed by atoms with Crippen molar-refractivity contribution in [2.24, 2.45) is 11.1 Å². The van der Waals surface area contributed by atoms with Gasteiger partial charge in [0.2, 0.25) is 5.91 Å². The molecule has 0 bridgehead atoms. The summed E-state index contributed by atoms with van der Waals surface area (Å²) >= 11 is 0. The van der Waals surface area contributed by atoms with Gasteiger partial charge < -0.3 is 16.0 Å². The molecule has 2 aromatic rings. The molecule has 3 N–H and O–H groups in total. The Hall–Kier alpha value is -2.61. The van der Waals surface area contributed by atoms with Crippen LogP contribution in [0.4, 0.5) is 4.79 Å². The third kappa shape index (κ3) is 6.69. The Morgan fingerprint density at radius 2 is 1.59 bits per heavy atom. The Kier molecular flexibility index (Phi) is 10.2. The first-order chi connectivity index (χ1) is 14.9. The second-order valence-corrected chi connectivity index (χ2v) is 9.39. The average Bonchev–Trinajstić information content (AvgIpc) is 3.00. The SMILES string of the molecule is CCC(Cn1c(=O)n(C(=O)NC(C(N)=O)C(C)(C)C)c2ccccc21)N(C)C.CCCC. The van der Waals surface area contributed by atoms with E-state index in [0.29, 0.717) is 17.6 Å². The normalized spacial score (nSPS) is 13.4. The lowest BCUT2D eigenvalue weighted by Crippen LogP contribution is -2.54. The van der Waals surface area contributed by atoms with Gasteiger partial charge in [-0.2, -0.15) is 0 Å². The molecule has 2 atom stereocenters. The molecule has 0 saturated carbocycles. The van der Waals surface area contributed by atoms with E-state index >= 15 is 0 Å². The Morgan fingerprint density at radius 3 is 2.00 bits per heavy atom. The number of carbonyl (C=O) groups is 2. The summed E-state index contributed by atoms with van der Waals surface area (Å²) in [6.07, 6.45) is 3.50. The Morgan fingerprint density at radius 1 is 1.06 bits per heavy atom. The van der Waals surface area contributed by atoms with E-state index in [9.17, 15) is 14.4 Å². The van der Waals surface area contributed by atoms with Crippen molar-refractivity contribution in [2.75, 3.05) is 14.1 Å². The molecule has 1 heterocycles. The molecule has 8 heteroatoms. The van der Waals surface area contributed by atoms with Crippen LogP contribution in [-0.4, -0.2) is 52.2 Å². The molecule has 180 valence electrons. The van der Waals surface area contributed by atoms with Crippen LogP contribution in [0.25, 0.3) is 11.0 Å². The molecule has 0 fully saturated rings. The van der Waals surface area contributed by atoms with Gasteiger partial charge >= 0.3 is 11.7 Å². The summed E-state index contributed by atoms with van der Waals surface area (Å²) in [6, 6.07) is 5.73. The molecule has 1 aromatic heterocycles. The van der Waals surface area contributed by atoms with Gasteiger partial charge in [0.25, 0.3) is 0 Å². The van der Waals surface area contributed by atoms with E-state index in [2.05, 4.69) is 31.0 Å². The minimum absolute atomic E-state index is 0.146. The predicted octanol–water partition coefficient (Wildman–Crippen LogP) is 3.41. The highest BCUT2D eigenvalue weighted by molar-refractivity contribution is 5.92. The minimum atomic E-state index is -0.904. The molecule has 0 aliphatic rings. The molecule has 1 aromatic carbocycles. The molecule has 0 spiro atoms. The number of hydrogen-bond donors (Lipinski definition) is 2. The summed E-state index contributed by atoms with van der Waals surface area (Å²) in [5.41, 5.74) is 5.63. The van der Waals surface area contributed by atoms with Gasteiger partial charge in [0, 0.05) is 12.6 Å². The molecule has 2 unspecified atom stereocenters. The molecule has 0 radical (unpaired) electrons. The van der Waals surface area contributed by atoms with Gasteiger partial charge in [-0.15, -0.1) is 0 Å². The summed E-state index contributed by atoms with van der Waals surface area (Å²) in [4.78, 5) is 40.0. The van der Waals surface area contributed by atoms with Crippen LogP contribution in [0.5, 0.6) is 0 Å². The van der Waals surface area contributed by atoms with E-state index in [1.54, 1.807) is 37.5 Å². The summed E-state index contributed by atoms with van der Waals surface area (Å²) < 4.78 is 2.69. The van der Waals surface area contributed by atoms with Gasteiger partial charge in [0.05, 0.1) is 11.0 Å². The maximum Gasteiger partial charge on any atom is 0.337 e. The van der Waals surface area contributed by atoms with E-state index in [1.165, 1.54) is 12.8 Å². The quantitative estimate of drug-likeness (QED) is 0.679. The predicted molar refractivity (Wildman–Crippen MR) is 131 cm³/mol. The first kappa shape index (κ1) is 27.4. The zero-order valence-electron chi connectivity index (χ0n) is 20.9. The molecule has 8 nitrogen and oxygen atoms in total. The third-order valence-corrected chi connectivity index (χ3v) is 5.55. The van der Waals surface area contributed by atoms with E-state index < -0.39 is 29.1 Å². The lowest BCUT2D eigenvalue weighted by molar-refractivity contribution is -0.122. The largest absolute Gasteiger partial charge is 0.368 e. The number of para-hydroxylation sites is 2. The van der Waals surface area contributed by atoms with Crippen molar-refractivity contribution in [3.63, 3.8) is 0 Å². The number of primary amides is 1. The molecular weight excluding hydrogens is 406 g/mol. The summed E-state index contributed by atoms with van der Waals surface area (Å²) in [5, 5.41) is 2.63. The smallest absolute Gasteiger partial charge is 0.337 e. The summed E-state index contributed by atoms with van der Waals surface area (Å²) in [6.45, 7) is 12.3. The van der Waals surface area contributed by atoms with Gasteiger partial charge in [-0.1, -0.05) is 66.5 Å². The fourth-order valence-corrected chi connectivity index (χ4v) is 3.35. The van der Waals surface area contributed by atoms with Crippen LogP contribution in [0.3, 0.4) is 0 Å². The number of fused-ring (bicyclic) bond motifs is 1. The minimum Gasteiger partial charge on any atom is -0.368 e. The third-order valence-electron chi connectivity index (χ3n) is 5.55. The van der Waals surface area contributed by atoms with Gasteiger partial charge in [-0.25, -0.2) is 14.2 Å². The number of benzene rings is 1. The molecule has 0 aliphatic carbocycles. The van der Waals surface area contributed by atoms with Crippen LogP contribution in [0.1, 0.15) is 60.8 Å². The molecule has 0 saturated heterocycles. The van der Waals surface area contributed by atoms with Crippen molar-refractivity contribution < 1.29 is 9.59 Å². The Bertz CT molecular complexity index is 951. The van der Waals surface area contributed by atoms with Gasteiger partial charge in [0.1, 0.15) is 6.04 Å². The lowest BCUT2D eigenvalue weighted by atomic mass is 9.86. The van der Waals surface area contributed by atoms with Crippen molar-refractivity contribution in [3.05, 3.63) is 34.7 Å². The van der Waals surface area contributed by atoms with Crippen LogP contribution < -0.4 is 16.7 Å². The van der Waals surface area contributed by atoms with Crippen molar-refractivity contribution in [3.8, 4) is 0 Å². The number of aromatic nitrogens is 2. The number of nitrogens with two attached hydrogens (primary N) is 1. The van der Waals surface area contributed by atoms with Crippen molar-refractivity contribution in [1.82, 2.24) is 19.4 Å². The highest BCUT2D eigenvalue weighted by atomic mass is 16.2. The van der Waals surface area contributed by atoms with Crippen LogP contribution in [0.2, 0.25) is 0 Å². The number of nitrogens with zero attached hydrogens (tertiary/aromatic N) is 3. The molecule has 2 rings (SSSR count). The molecule has 32 heavy (non-hydrogen) atoms. The fraction of sp³-hybridized carbons (Fsp3) is 0.625. The summed E-state index contributed by atoms with van der Waals surface area (Å²) in [5.74, 6) is -0.642. The number of unbranched alkanes of at least 4 members (excludes halogenated alkanes) is 1. The second kappa shape index (κ2) is 11.9. The molecular formula is C24H41N5O3. The highest BCUT2D eigenvalue weighted by Crippen LogP contribution is 2.20. The molecule has 2 amide bonds. The van der Waals surface area contributed by atoms with Crippen LogP contribution in [-0.2, 0) is 11.3 Å². The van der Waals surface area contributed by atoms with Gasteiger partial charge in [-0.05, 0) is 38.1 Å². The van der Waals surface area contributed by atoms with Crippen molar-refractivity contribution >= 4 is 23.0 Å². The van der Waals surface area contributed by atoms with Crippen molar-refractivity contribution in [1.29, 1.82) is 0 Å². The van der Waals surface area contributed by atoms with Crippen LogP contribution in [0, 0.1) is 5.41 Å². The average molecular weight is 448 g/mol. The maximum atomic E-state index is 13.1. The highest BCUT2D eigenvalue weighted by Gasteiger charge is 2.32. The van der Waals surface area contributed by atoms with E-state index in [-0.39, 0.29) is 6.04 Å². The standard InChI is InChI=1S/C20H31N5O3.C4H10/c1-7-13(23(5)6)12-24-14-10-8-9-11-15(14)25(19(24)28)18(27)22-16(17(21)26)20(2,3)4;1-3-4-2/h8-11,13,16H,7,12H2,1-6H3,(H2,21,26)(H,22,27);3-4H2,1-2H3. The van der Waals surface area contributed by atoms with Crippen molar-refractivity contribution in [2.45, 2.75) is 79.4 Å². The number of likely N-dealkylation sites (N-methyl/N-ethyl adjacent to an activating group) is 1. The first-order valence-electron chi connectivity index (χ1n) is 11.4. The van der Waals surface area contributed by atoms with E-state index in [0.717, 1.165) is 11.0 Å². The van der Waals surface area contributed by atoms with Crippen LogP contribution in [0.15, 0.2) is 29.1 Å². The van der Waals surface area contributed by atoms with Gasteiger partial charge in [0.15, 0.2) is 0 Å². The Balaban J connectivity index is 0.00000118. The zero-order valence-corrected chi connectivity index (χ0v) is 20.9. The monoisotopic (exact) mass is 447 g/mol. The van der Waals surface area contributed by atoms with E-state index in [1.807, 2.05) is 26.2 Å². The number of rotatable bonds is 7. The zero-order chi connectivity index (χ0) is 24.6. The van der Waals surface area contributed by atoms with E-state index in [4.69, 9.17) is 5.73 Å². The number of hydrogen-bond acceptors (Lipinski definition) is 4. The number of carbonyl (C=O) groups excluding carboxylic acids is 2. The second-order valence-electron chi connectivity index (χ2n) is 9.39. The molecule has 0 aliphatic heterocycles. The number of imidazole rings is 1. The fourth-order valence-electron chi connectivity index (χ4n) is 3.35. The number of amides is 2. The van der Waals surface area contributed by atoms with Crippen LogP contribution >= 0.6 is 0 Å². The number of nitrogens with one attached hydrogen (secondary N) is 1. The Labute approximate surface area is 191 Å². The first-order valence-corrected chi connectivity index (χ1v) is 11.4. The van der Waals surface area contributed by atoms with Gasteiger partial charge in [-0.3, -0.25) is 9.36 Å². The lowest BCUT2D eigenvalue weighted by Gasteiger charge is -2.28. The summed E-state index contributed by atoms with van der Waals surface area (Å²) in [7, 11) is 3.93. The topological polar surface area (TPSA) is 102 Å².